The summed E-state index contributed by atoms with van der Waals surface area (Å²) in [6.45, 7) is 2.97. The van der Waals surface area contributed by atoms with Crippen LogP contribution in [0, 0.1) is 0 Å². The summed E-state index contributed by atoms with van der Waals surface area (Å²) in [6.07, 6.45) is 0.370. The molecule has 102 valence electrons. The van der Waals surface area contributed by atoms with Gasteiger partial charge in [0.25, 0.3) is 0 Å². The number of aliphatic hydroxyl groups is 1. The number of carbonyl (C=O) groups is 2. The van der Waals surface area contributed by atoms with E-state index in [1.807, 2.05) is 4.90 Å². The Hall–Kier alpha value is -1.72. The van der Waals surface area contributed by atoms with Crippen LogP contribution >= 0.6 is 0 Å². The third-order valence-corrected chi connectivity index (χ3v) is 3.20. The number of para-hydroxylation sites is 1. The molecular weight excluding hydrogens is 244 g/mol. The van der Waals surface area contributed by atoms with Crippen molar-refractivity contribution in [2.75, 3.05) is 25.0 Å². The fraction of sp³-hybridized carbons (Fsp3) is 0.429. The lowest BCUT2D eigenvalue weighted by molar-refractivity contribution is -0.117. The summed E-state index contributed by atoms with van der Waals surface area (Å²) >= 11 is 0. The first-order valence-electron chi connectivity index (χ1n) is 6.36. The van der Waals surface area contributed by atoms with E-state index in [2.05, 4.69) is 5.32 Å². The molecule has 1 amide bonds. The molecule has 0 aliphatic carbocycles. The maximum atomic E-state index is 11.9. The first kappa shape index (κ1) is 13.7. The maximum absolute atomic E-state index is 11.9. The van der Waals surface area contributed by atoms with E-state index in [4.69, 9.17) is 0 Å². The molecule has 0 radical (unpaired) electrons. The topological polar surface area (TPSA) is 69.6 Å². The minimum atomic E-state index is -0.336. The highest BCUT2D eigenvalue weighted by Gasteiger charge is 2.22. The molecule has 5 nitrogen and oxygen atoms in total. The minimum absolute atomic E-state index is 0.0764. The number of carbonyl (C=O) groups excluding carboxylic acids is 2. The van der Waals surface area contributed by atoms with Crippen molar-refractivity contribution < 1.29 is 14.7 Å². The molecule has 5 heteroatoms. The summed E-state index contributed by atoms with van der Waals surface area (Å²) in [5.74, 6) is -0.240. The number of hydrogen-bond acceptors (Lipinski definition) is 4. The lowest BCUT2D eigenvalue weighted by Gasteiger charge is -2.15. The van der Waals surface area contributed by atoms with Crippen molar-refractivity contribution >= 4 is 17.4 Å². The molecule has 1 aromatic carbocycles. The van der Waals surface area contributed by atoms with Crippen LogP contribution in [0.4, 0.5) is 5.69 Å². The predicted molar refractivity (Wildman–Crippen MR) is 72.1 cm³/mol. The molecule has 0 aromatic heterocycles. The molecule has 2 rings (SSSR count). The number of hydrogen-bond donors (Lipinski definition) is 2. The van der Waals surface area contributed by atoms with E-state index in [1.165, 1.54) is 6.92 Å². The molecule has 0 unspecified atom stereocenters. The fourth-order valence-corrected chi connectivity index (χ4v) is 2.25. The van der Waals surface area contributed by atoms with Crippen molar-refractivity contribution in [2.24, 2.45) is 0 Å². The SMILES string of the molecule is CC(=O)c1ccccc1NC(=O)CN1CC[C@@H](O)C1. The van der Waals surface area contributed by atoms with Crippen LogP contribution in [0.5, 0.6) is 0 Å². The van der Waals surface area contributed by atoms with E-state index in [0.717, 1.165) is 6.54 Å². The Kier molecular flexibility index (Phi) is 4.29. The van der Waals surface area contributed by atoms with E-state index < -0.39 is 0 Å². The highest BCUT2D eigenvalue weighted by Crippen LogP contribution is 2.16. The van der Waals surface area contributed by atoms with Gasteiger partial charge in [0.05, 0.1) is 18.3 Å². The predicted octanol–water partition coefficient (Wildman–Crippen LogP) is 0.894. The fourth-order valence-electron chi connectivity index (χ4n) is 2.25. The third-order valence-electron chi connectivity index (χ3n) is 3.20. The molecule has 0 spiro atoms. The number of amides is 1. The molecule has 1 fully saturated rings. The smallest absolute Gasteiger partial charge is 0.238 e. The van der Waals surface area contributed by atoms with Gasteiger partial charge in [0.2, 0.25) is 5.91 Å². The van der Waals surface area contributed by atoms with Gasteiger partial charge in [0.1, 0.15) is 0 Å². The maximum Gasteiger partial charge on any atom is 0.238 e. The van der Waals surface area contributed by atoms with Crippen molar-refractivity contribution in [1.29, 1.82) is 0 Å². The molecule has 19 heavy (non-hydrogen) atoms. The number of anilines is 1. The van der Waals surface area contributed by atoms with Crippen LogP contribution < -0.4 is 5.32 Å². The molecule has 1 aliphatic heterocycles. The van der Waals surface area contributed by atoms with Gasteiger partial charge < -0.3 is 10.4 Å². The minimum Gasteiger partial charge on any atom is -0.392 e. The van der Waals surface area contributed by atoms with Crippen molar-refractivity contribution in [3.8, 4) is 0 Å². The van der Waals surface area contributed by atoms with Gasteiger partial charge in [-0.1, -0.05) is 12.1 Å². The summed E-state index contributed by atoms with van der Waals surface area (Å²) in [4.78, 5) is 25.2. The molecule has 0 saturated carbocycles. The first-order valence-corrected chi connectivity index (χ1v) is 6.36. The molecule has 1 aliphatic rings. The summed E-state index contributed by atoms with van der Waals surface area (Å²) in [5.41, 5.74) is 1.05. The van der Waals surface area contributed by atoms with Crippen LogP contribution in [0.1, 0.15) is 23.7 Å². The zero-order valence-corrected chi connectivity index (χ0v) is 10.9. The summed E-state index contributed by atoms with van der Waals surface area (Å²) in [6, 6.07) is 6.95. The molecular formula is C14H18N2O3. The Bertz CT molecular complexity index is 487. The molecule has 1 heterocycles. The van der Waals surface area contributed by atoms with E-state index >= 15 is 0 Å². The summed E-state index contributed by atoms with van der Waals surface area (Å²) < 4.78 is 0. The van der Waals surface area contributed by atoms with E-state index in [1.54, 1.807) is 24.3 Å². The van der Waals surface area contributed by atoms with Gasteiger partial charge in [-0.15, -0.1) is 0 Å². The number of rotatable bonds is 4. The number of nitrogens with one attached hydrogen (secondary N) is 1. The Morgan fingerprint density at radius 2 is 2.16 bits per heavy atom. The highest BCUT2D eigenvalue weighted by atomic mass is 16.3. The lowest BCUT2D eigenvalue weighted by atomic mass is 10.1. The quantitative estimate of drug-likeness (QED) is 0.791. The van der Waals surface area contributed by atoms with Crippen LogP contribution in [0.3, 0.4) is 0 Å². The van der Waals surface area contributed by atoms with Crippen LogP contribution in [-0.4, -0.2) is 47.4 Å². The average molecular weight is 262 g/mol. The summed E-state index contributed by atoms with van der Waals surface area (Å²) in [7, 11) is 0. The number of nitrogens with zero attached hydrogens (tertiary/aromatic N) is 1. The van der Waals surface area contributed by atoms with Crippen molar-refractivity contribution in [3.63, 3.8) is 0 Å². The Labute approximate surface area is 112 Å². The number of ketones is 1. The normalized spacial score (nSPS) is 19.4. The van der Waals surface area contributed by atoms with Gasteiger partial charge in [-0.2, -0.15) is 0 Å². The Morgan fingerprint density at radius 1 is 1.42 bits per heavy atom. The van der Waals surface area contributed by atoms with E-state index in [-0.39, 0.29) is 24.3 Å². The van der Waals surface area contributed by atoms with Crippen molar-refractivity contribution in [2.45, 2.75) is 19.4 Å². The standard InChI is InChI=1S/C14H18N2O3/c1-10(17)12-4-2-3-5-13(12)15-14(19)9-16-7-6-11(18)8-16/h2-5,11,18H,6-9H2,1H3,(H,15,19)/t11-/m1/s1. The van der Waals surface area contributed by atoms with Gasteiger partial charge in [-0.05, 0) is 25.5 Å². The largest absolute Gasteiger partial charge is 0.392 e. The average Bonchev–Trinajstić information content (AvgIpc) is 2.75. The number of aliphatic hydroxyl groups excluding tert-OH is 1. The van der Waals surface area contributed by atoms with Crippen LogP contribution in [-0.2, 0) is 4.79 Å². The van der Waals surface area contributed by atoms with Gasteiger partial charge in [0, 0.05) is 18.7 Å². The second-order valence-electron chi connectivity index (χ2n) is 4.83. The second-order valence-corrected chi connectivity index (χ2v) is 4.83. The molecule has 1 atom stereocenters. The first-order chi connectivity index (χ1) is 9.06. The molecule has 1 saturated heterocycles. The Balaban J connectivity index is 1.97. The van der Waals surface area contributed by atoms with E-state index in [0.29, 0.717) is 24.2 Å². The summed E-state index contributed by atoms with van der Waals surface area (Å²) in [5, 5.41) is 12.2. The van der Waals surface area contributed by atoms with Crippen LogP contribution in [0.2, 0.25) is 0 Å². The number of benzene rings is 1. The van der Waals surface area contributed by atoms with Gasteiger partial charge >= 0.3 is 0 Å². The highest BCUT2D eigenvalue weighted by molar-refractivity contribution is 6.04. The third kappa shape index (κ3) is 3.62. The van der Waals surface area contributed by atoms with Gasteiger partial charge in [-0.25, -0.2) is 0 Å². The van der Waals surface area contributed by atoms with Crippen LogP contribution in [0.15, 0.2) is 24.3 Å². The van der Waals surface area contributed by atoms with E-state index in [9.17, 15) is 14.7 Å². The second kappa shape index (κ2) is 5.95. The number of Topliss-reactive ketones (excluding diaryl/α,β-unsaturated/α-hetero) is 1. The number of β-amino-alcohol motifs (C(OH)–C–C–N with tert-alkyl or cyclic N) is 1. The van der Waals surface area contributed by atoms with Gasteiger partial charge in [-0.3, -0.25) is 14.5 Å². The lowest BCUT2D eigenvalue weighted by Crippen LogP contribution is -2.32. The van der Waals surface area contributed by atoms with Crippen molar-refractivity contribution in [1.82, 2.24) is 4.90 Å². The van der Waals surface area contributed by atoms with Gasteiger partial charge in [0.15, 0.2) is 5.78 Å². The molecule has 1 aromatic rings. The van der Waals surface area contributed by atoms with Crippen LogP contribution in [0.25, 0.3) is 0 Å². The Morgan fingerprint density at radius 3 is 2.79 bits per heavy atom. The number of likely N-dealkylation sites (tertiary alicyclic amines) is 1. The monoisotopic (exact) mass is 262 g/mol. The molecule has 2 N–H and O–H groups in total. The van der Waals surface area contributed by atoms with Crippen molar-refractivity contribution in [3.05, 3.63) is 29.8 Å². The zero-order valence-electron chi connectivity index (χ0n) is 10.9. The molecule has 0 bridgehead atoms. The zero-order chi connectivity index (χ0) is 13.8.